The average molecular weight is 254 g/mol. The summed E-state index contributed by atoms with van der Waals surface area (Å²) < 4.78 is 5.81. The number of rotatable bonds is 7. The highest BCUT2D eigenvalue weighted by Crippen LogP contribution is 2.17. The fourth-order valence-corrected chi connectivity index (χ4v) is 3.17. The number of nitrogens with one attached hydrogen (secondary N) is 1. The first-order valence-corrected chi connectivity index (χ1v) is 7.97. The lowest BCUT2D eigenvalue weighted by Gasteiger charge is -2.41. The van der Waals surface area contributed by atoms with Crippen LogP contribution in [0.5, 0.6) is 0 Å². The molecule has 0 bridgehead atoms. The van der Waals surface area contributed by atoms with Gasteiger partial charge in [0, 0.05) is 25.7 Å². The number of likely N-dealkylation sites (tertiary alicyclic amines) is 1. The number of ether oxygens (including phenoxy) is 1. The SMILES string of the molecule is CCCCCCCCN1CC[C@H]2OCCN[C@H]2C1. The second-order valence-corrected chi connectivity index (χ2v) is 5.83. The Kier molecular flexibility index (Phi) is 6.46. The van der Waals surface area contributed by atoms with Gasteiger partial charge in [0.25, 0.3) is 0 Å². The number of fused-ring (bicyclic) bond motifs is 1. The molecule has 2 fully saturated rings. The molecule has 2 saturated heterocycles. The Bertz CT molecular complexity index is 223. The zero-order valence-electron chi connectivity index (χ0n) is 12.0. The van der Waals surface area contributed by atoms with Gasteiger partial charge in [0.1, 0.15) is 0 Å². The van der Waals surface area contributed by atoms with Crippen molar-refractivity contribution < 1.29 is 4.74 Å². The number of hydrogen-bond acceptors (Lipinski definition) is 3. The van der Waals surface area contributed by atoms with Gasteiger partial charge in [0.2, 0.25) is 0 Å². The molecule has 0 aromatic carbocycles. The standard InChI is InChI=1S/C15H30N2O/c1-2-3-4-5-6-7-10-17-11-8-15-14(13-17)16-9-12-18-15/h14-16H,2-13H2,1H3/t14-,15+/m0/s1. The van der Waals surface area contributed by atoms with Crippen molar-refractivity contribution in [2.24, 2.45) is 0 Å². The third-order valence-electron chi connectivity index (χ3n) is 4.30. The molecule has 2 heterocycles. The summed E-state index contributed by atoms with van der Waals surface area (Å²) in [5, 5.41) is 3.60. The molecule has 0 aromatic rings. The van der Waals surface area contributed by atoms with Crippen LogP contribution >= 0.6 is 0 Å². The topological polar surface area (TPSA) is 24.5 Å². The zero-order valence-corrected chi connectivity index (χ0v) is 12.0. The predicted molar refractivity (Wildman–Crippen MR) is 76.0 cm³/mol. The van der Waals surface area contributed by atoms with Crippen LogP contribution in [-0.2, 0) is 4.74 Å². The molecule has 2 atom stereocenters. The summed E-state index contributed by atoms with van der Waals surface area (Å²) in [5.41, 5.74) is 0. The van der Waals surface area contributed by atoms with Gasteiger partial charge < -0.3 is 15.0 Å². The van der Waals surface area contributed by atoms with Crippen LogP contribution in [0.3, 0.4) is 0 Å². The van der Waals surface area contributed by atoms with E-state index >= 15 is 0 Å². The van der Waals surface area contributed by atoms with Crippen LogP contribution in [0.1, 0.15) is 51.9 Å². The highest BCUT2D eigenvalue weighted by Gasteiger charge is 2.31. The summed E-state index contributed by atoms with van der Waals surface area (Å²) >= 11 is 0. The molecule has 0 aliphatic carbocycles. The molecule has 2 aliphatic heterocycles. The molecular formula is C15H30N2O. The van der Waals surface area contributed by atoms with E-state index < -0.39 is 0 Å². The van der Waals surface area contributed by atoms with Crippen LogP contribution in [0.2, 0.25) is 0 Å². The monoisotopic (exact) mass is 254 g/mol. The number of piperidine rings is 1. The van der Waals surface area contributed by atoms with Crippen molar-refractivity contribution >= 4 is 0 Å². The average Bonchev–Trinajstić information content (AvgIpc) is 2.42. The zero-order chi connectivity index (χ0) is 12.6. The van der Waals surface area contributed by atoms with Crippen molar-refractivity contribution in [3.8, 4) is 0 Å². The van der Waals surface area contributed by atoms with Gasteiger partial charge in [-0.05, 0) is 19.4 Å². The minimum absolute atomic E-state index is 0.486. The van der Waals surface area contributed by atoms with E-state index in [4.69, 9.17) is 4.74 Å². The summed E-state index contributed by atoms with van der Waals surface area (Å²) in [5.74, 6) is 0. The van der Waals surface area contributed by atoms with Gasteiger partial charge in [-0.2, -0.15) is 0 Å². The highest BCUT2D eigenvalue weighted by molar-refractivity contribution is 4.88. The molecule has 3 nitrogen and oxygen atoms in total. The van der Waals surface area contributed by atoms with E-state index in [1.807, 2.05) is 0 Å². The van der Waals surface area contributed by atoms with E-state index in [0.29, 0.717) is 12.1 Å². The van der Waals surface area contributed by atoms with Gasteiger partial charge in [-0.15, -0.1) is 0 Å². The quantitative estimate of drug-likeness (QED) is 0.706. The van der Waals surface area contributed by atoms with Gasteiger partial charge >= 0.3 is 0 Å². The van der Waals surface area contributed by atoms with Crippen LogP contribution in [0.25, 0.3) is 0 Å². The maximum Gasteiger partial charge on any atom is 0.0753 e. The predicted octanol–water partition coefficient (Wildman–Crippen LogP) is 2.41. The fourth-order valence-electron chi connectivity index (χ4n) is 3.17. The Labute approximate surface area is 112 Å². The van der Waals surface area contributed by atoms with E-state index in [1.54, 1.807) is 0 Å². The lowest BCUT2D eigenvalue weighted by molar-refractivity contribution is -0.0430. The highest BCUT2D eigenvalue weighted by atomic mass is 16.5. The van der Waals surface area contributed by atoms with Gasteiger partial charge in [-0.3, -0.25) is 0 Å². The smallest absolute Gasteiger partial charge is 0.0753 e. The largest absolute Gasteiger partial charge is 0.375 e. The molecule has 18 heavy (non-hydrogen) atoms. The lowest BCUT2D eigenvalue weighted by Crippen LogP contribution is -2.58. The molecule has 2 aliphatic rings. The van der Waals surface area contributed by atoms with E-state index in [1.165, 1.54) is 64.6 Å². The molecule has 0 aromatic heterocycles. The second kappa shape index (κ2) is 8.13. The third-order valence-corrected chi connectivity index (χ3v) is 4.30. The van der Waals surface area contributed by atoms with Crippen molar-refractivity contribution in [3.05, 3.63) is 0 Å². The van der Waals surface area contributed by atoms with E-state index in [9.17, 15) is 0 Å². The maximum absolute atomic E-state index is 5.81. The van der Waals surface area contributed by atoms with Gasteiger partial charge in [-0.1, -0.05) is 39.0 Å². The van der Waals surface area contributed by atoms with Crippen molar-refractivity contribution in [1.82, 2.24) is 10.2 Å². The number of unbranched alkanes of at least 4 members (excludes halogenated alkanes) is 5. The van der Waals surface area contributed by atoms with Crippen molar-refractivity contribution in [1.29, 1.82) is 0 Å². The summed E-state index contributed by atoms with van der Waals surface area (Å²) in [6.07, 6.45) is 10.1. The van der Waals surface area contributed by atoms with Crippen LogP contribution < -0.4 is 5.32 Å². The fraction of sp³-hybridized carbons (Fsp3) is 1.00. The third kappa shape index (κ3) is 4.52. The minimum Gasteiger partial charge on any atom is -0.375 e. The van der Waals surface area contributed by atoms with Crippen molar-refractivity contribution in [3.63, 3.8) is 0 Å². The van der Waals surface area contributed by atoms with E-state index in [-0.39, 0.29) is 0 Å². The maximum atomic E-state index is 5.81. The van der Waals surface area contributed by atoms with Crippen molar-refractivity contribution in [2.45, 2.75) is 64.0 Å². The van der Waals surface area contributed by atoms with Gasteiger partial charge in [-0.25, -0.2) is 0 Å². The van der Waals surface area contributed by atoms with E-state index in [0.717, 1.165) is 13.2 Å². The normalized spacial score (nSPS) is 29.2. The van der Waals surface area contributed by atoms with Gasteiger partial charge in [0.05, 0.1) is 12.7 Å². The lowest BCUT2D eigenvalue weighted by atomic mass is 10.00. The number of morpholine rings is 1. The molecule has 1 N–H and O–H groups in total. The molecule has 0 radical (unpaired) electrons. The van der Waals surface area contributed by atoms with Crippen LogP contribution in [0, 0.1) is 0 Å². The number of nitrogens with zero attached hydrogens (tertiary/aromatic N) is 1. The summed E-state index contributed by atoms with van der Waals surface area (Å²) in [4.78, 5) is 2.63. The van der Waals surface area contributed by atoms with Crippen molar-refractivity contribution in [2.75, 3.05) is 32.8 Å². The molecular weight excluding hydrogens is 224 g/mol. The first kappa shape index (κ1) is 14.3. The molecule has 3 heteroatoms. The minimum atomic E-state index is 0.486. The number of hydrogen-bond donors (Lipinski definition) is 1. The Morgan fingerprint density at radius 3 is 2.89 bits per heavy atom. The molecule has 0 saturated carbocycles. The molecule has 0 unspecified atom stereocenters. The Morgan fingerprint density at radius 1 is 1.17 bits per heavy atom. The molecule has 0 spiro atoms. The molecule has 2 rings (SSSR count). The Morgan fingerprint density at radius 2 is 2.00 bits per heavy atom. The summed E-state index contributed by atoms with van der Waals surface area (Å²) in [6.45, 7) is 7.93. The van der Waals surface area contributed by atoms with Crippen LogP contribution in [-0.4, -0.2) is 49.8 Å². The van der Waals surface area contributed by atoms with E-state index in [2.05, 4.69) is 17.1 Å². The van der Waals surface area contributed by atoms with Crippen LogP contribution in [0.15, 0.2) is 0 Å². The Hall–Kier alpha value is -0.120. The van der Waals surface area contributed by atoms with Gasteiger partial charge in [0.15, 0.2) is 0 Å². The first-order valence-electron chi connectivity index (χ1n) is 7.97. The first-order chi connectivity index (χ1) is 8.90. The Balaban J connectivity index is 1.54. The van der Waals surface area contributed by atoms with Crippen LogP contribution in [0.4, 0.5) is 0 Å². The summed E-state index contributed by atoms with van der Waals surface area (Å²) in [6, 6.07) is 0.590. The summed E-state index contributed by atoms with van der Waals surface area (Å²) in [7, 11) is 0. The molecule has 106 valence electrons. The second-order valence-electron chi connectivity index (χ2n) is 5.83. The molecule has 0 amide bonds.